The highest BCUT2D eigenvalue weighted by Gasteiger charge is 2.43. The van der Waals surface area contributed by atoms with Gasteiger partial charge in [0.05, 0.1) is 32.5 Å². The molecule has 0 unspecified atom stereocenters. The average molecular weight is 375 g/mol. The van der Waals surface area contributed by atoms with E-state index in [1.807, 2.05) is 4.90 Å². The van der Waals surface area contributed by atoms with E-state index in [0.29, 0.717) is 26.2 Å². The lowest BCUT2D eigenvalue weighted by Gasteiger charge is -2.46. The maximum atomic E-state index is 12.8. The van der Waals surface area contributed by atoms with Gasteiger partial charge in [-0.1, -0.05) is 0 Å². The predicted octanol–water partition coefficient (Wildman–Crippen LogP) is 0.656. The number of likely N-dealkylation sites (tertiary alicyclic amines) is 1. The Bertz CT molecular complexity index is 695. The van der Waals surface area contributed by atoms with Crippen molar-refractivity contribution in [2.75, 3.05) is 53.6 Å². The molecule has 0 aliphatic carbocycles. The van der Waals surface area contributed by atoms with Crippen LogP contribution < -0.4 is 20.1 Å². The van der Waals surface area contributed by atoms with Crippen LogP contribution in [-0.2, 0) is 21.6 Å². The topological polar surface area (TPSA) is 72.1 Å². The molecule has 2 fully saturated rings. The summed E-state index contributed by atoms with van der Waals surface area (Å²) in [5.41, 5.74) is 2.12. The number of piperazine rings is 1. The van der Waals surface area contributed by atoms with Crippen LogP contribution in [0.1, 0.15) is 24.0 Å². The van der Waals surface area contributed by atoms with Crippen LogP contribution in [0.25, 0.3) is 0 Å². The monoisotopic (exact) mass is 375 g/mol. The van der Waals surface area contributed by atoms with Crippen LogP contribution in [0.3, 0.4) is 0 Å². The van der Waals surface area contributed by atoms with E-state index in [1.54, 1.807) is 14.2 Å². The van der Waals surface area contributed by atoms with Crippen LogP contribution in [0.4, 0.5) is 0 Å². The number of hydrogen-bond acceptors (Lipinski definition) is 6. The number of rotatable bonds is 3. The molecule has 7 heteroatoms. The van der Waals surface area contributed by atoms with E-state index < -0.39 is 0 Å². The van der Waals surface area contributed by atoms with Gasteiger partial charge in [0.25, 0.3) is 0 Å². The zero-order valence-electron chi connectivity index (χ0n) is 16.2. The van der Waals surface area contributed by atoms with Crippen molar-refractivity contribution >= 4 is 5.91 Å². The Morgan fingerprint density at radius 1 is 1.19 bits per heavy atom. The van der Waals surface area contributed by atoms with Crippen molar-refractivity contribution in [3.63, 3.8) is 0 Å². The highest BCUT2D eigenvalue weighted by atomic mass is 16.5. The van der Waals surface area contributed by atoms with Crippen LogP contribution in [0, 0.1) is 0 Å². The summed E-state index contributed by atoms with van der Waals surface area (Å²) in [6.07, 6.45) is 2.49. The molecule has 3 aliphatic heterocycles. The molecule has 1 aromatic rings. The molecule has 0 aromatic heterocycles. The van der Waals surface area contributed by atoms with Gasteiger partial charge in [0.2, 0.25) is 5.91 Å². The van der Waals surface area contributed by atoms with Crippen molar-refractivity contribution in [3.8, 4) is 11.5 Å². The fourth-order valence-electron chi connectivity index (χ4n) is 4.54. The molecule has 1 atom stereocenters. The number of piperidine rings is 1. The van der Waals surface area contributed by atoms with Gasteiger partial charge in [-0.2, -0.15) is 0 Å². The van der Waals surface area contributed by atoms with Crippen molar-refractivity contribution in [2.24, 2.45) is 0 Å². The Hall–Kier alpha value is -1.83. The number of fused-ring (bicyclic) bond motifs is 2. The molecule has 27 heavy (non-hydrogen) atoms. The lowest BCUT2D eigenvalue weighted by molar-refractivity contribution is -0.143. The zero-order valence-corrected chi connectivity index (χ0v) is 16.2. The minimum atomic E-state index is -0.331. The average Bonchev–Trinajstić information content (AvgIpc) is 2.74. The highest BCUT2D eigenvalue weighted by molar-refractivity contribution is 5.82. The first-order valence-corrected chi connectivity index (χ1v) is 9.79. The first kappa shape index (κ1) is 18.5. The van der Waals surface area contributed by atoms with Crippen molar-refractivity contribution in [2.45, 2.75) is 30.9 Å². The van der Waals surface area contributed by atoms with Crippen molar-refractivity contribution in [1.29, 1.82) is 0 Å². The van der Waals surface area contributed by atoms with E-state index in [2.05, 4.69) is 22.8 Å². The molecule has 1 amide bonds. The Morgan fingerprint density at radius 2 is 1.93 bits per heavy atom. The molecular formula is C20H29N3O4. The number of nitrogens with zero attached hydrogens (tertiary/aromatic N) is 1. The number of nitrogens with one attached hydrogen (secondary N) is 2. The molecule has 2 N–H and O–H groups in total. The first-order chi connectivity index (χ1) is 13.2. The summed E-state index contributed by atoms with van der Waals surface area (Å²) in [5.74, 6) is 1.69. The number of carbonyl (C=O) groups is 1. The summed E-state index contributed by atoms with van der Waals surface area (Å²) in [7, 11) is 3.32. The summed E-state index contributed by atoms with van der Waals surface area (Å²) >= 11 is 0. The largest absolute Gasteiger partial charge is 0.493 e. The molecule has 7 nitrogen and oxygen atoms in total. The summed E-state index contributed by atoms with van der Waals surface area (Å²) < 4.78 is 17.3. The molecule has 0 radical (unpaired) electrons. The van der Waals surface area contributed by atoms with Gasteiger partial charge in [0, 0.05) is 32.7 Å². The second-order valence-electron chi connectivity index (χ2n) is 7.49. The Balaban J connectivity index is 1.52. The Kier molecular flexibility index (Phi) is 5.25. The molecule has 3 heterocycles. The van der Waals surface area contributed by atoms with Gasteiger partial charge in [-0.25, -0.2) is 0 Å². The molecule has 148 valence electrons. The Labute approximate surface area is 160 Å². The predicted molar refractivity (Wildman–Crippen MR) is 101 cm³/mol. The van der Waals surface area contributed by atoms with Crippen molar-refractivity contribution < 1.29 is 19.0 Å². The molecule has 2 saturated heterocycles. The van der Waals surface area contributed by atoms with Crippen LogP contribution >= 0.6 is 0 Å². The normalized spacial score (nSPS) is 24.4. The number of amides is 1. The van der Waals surface area contributed by atoms with Gasteiger partial charge in [-0.3, -0.25) is 4.79 Å². The van der Waals surface area contributed by atoms with E-state index in [0.717, 1.165) is 43.9 Å². The zero-order chi connectivity index (χ0) is 18.9. The molecule has 1 aromatic carbocycles. The fraction of sp³-hybridized carbons (Fsp3) is 0.650. The van der Waals surface area contributed by atoms with Crippen LogP contribution in [0.2, 0.25) is 0 Å². The minimum absolute atomic E-state index is 0.114. The van der Waals surface area contributed by atoms with Crippen LogP contribution in [0.15, 0.2) is 12.1 Å². The van der Waals surface area contributed by atoms with Gasteiger partial charge >= 0.3 is 0 Å². The third kappa shape index (κ3) is 3.39. The smallest absolute Gasteiger partial charge is 0.241 e. The number of ether oxygens (including phenoxy) is 3. The third-order valence-electron chi connectivity index (χ3n) is 6.07. The second kappa shape index (κ2) is 7.66. The summed E-state index contributed by atoms with van der Waals surface area (Å²) in [6, 6.07) is 4.03. The maximum Gasteiger partial charge on any atom is 0.241 e. The quantitative estimate of drug-likeness (QED) is 0.809. The van der Waals surface area contributed by atoms with E-state index in [9.17, 15) is 4.79 Å². The number of hydrogen-bond donors (Lipinski definition) is 2. The standard InChI is InChI=1S/C20H29N3O4/c1-25-17-11-14-3-10-27-20(15(14)12-18(17)26-2)4-8-23(9-5-20)19(24)16-13-21-6-7-22-16/h11-12,16,21-22H,3-10,13H2,1-2H3/t16-/m0/s1. The van der Waals surface area contributed by atoms with E-state index in [4.69, 9.17) is 14.2 Å². The summed E-state index contributed by atoms with van der Waals surface area (Å²) in [4.78, 5) is 14.8. The molecule has 1 spiro atoms. The second-order valence-corrected chi connectivity index (χ2v) is 7.49. The van der Waals surface area contributed by atoms with Crippen LogP contribution in [0.5, 0.6) is 11.5 Å². The van der Waals surface area contributed by atoms with Crippen LogP contribution in [-0.4, -0.2) is 70.4 Å². The van der Waals surface area contributed by atoms with E-state index in [1.165, 1.54) is 11.1 Å². The molecule has 3 aliphatic rings. The maximum absolute atomic E-state index is 12.8. The molecule has 0 saturated carbocycles. The lowest BCUT2D eigenvalue weighted by Crippen LogP contribution is -2.58. The van der Waals surface area contributed by atoms with Gasteiger partial charge in [-0.05, 0) is 42.5 Å². The fourth-order valence-corrected chi connectivity index (χ4v) is 4.54. The molecular weight excluding hydrogens is 346 g/mol. The van der Waals surface area contributed by atoms with Crippen molar-refractivity contribution in [3.05, 3.63) is 23.3 Å². The third-order valence-corrected chi connectivity index (χ3v) is 6.07. The number of carbonyl (C=O) groups excluding carboxylic acids is 1. The minimum Gasteiger partial charge on any atom is -0.493 e. The molecule has 4 rings (SSSR count). The Morgan fingerprint density at radius 3 is 2.59 bits per heavy atom. The highest BCUT2D eigenvalue weighted by Crippen LogP contribution is 2.45. The first-order valence-electron chi connectivity index (χ1n) is 9.79. The van der Waals surface area contributed by atoms with E-state index in [-0.39, 0.29) is 17.6 Å². The van der Waals surface area contributed by atoms with Gasteiger partial charge in [-0.15, -0.1) is 0 Å². The van der Waals surface area contributed by atoms with Gasteiger partial charge in [0.1, 0.15) is 0 Å². The van der Waals surface area contributed by atoms with Crippen molar-refractivity contribution in [1.82, 2.24) is 15.5 Å². The summed E-state index contributed by atoms with van der Waals surface area (Å²) in [6.45, 7) is 4.59. The lowest BCUT2D eigenvalue weighted by atomic mass is 9.79. The molecule has 0 bridgehead atoms. The van der Waals surface area contributed by atoms with Gasteiger partial charge < -0.3 is 29.7 Å². The number of methoxy groups -OCH3 is 2. The number of benzene rings is 1. The van der Waals surface area contributed by atoms with E-state index >= 15 is 0 Å². The summed E-state index contributed by atoms with van der Waals surface area (Å²) in [5, 5.41) is 6.60. The van der Waals surface area contributed by atoms with Gasteiger partial charge in [0.15, 0.2) is 11.5 Å². The SMILES string of the molecule is COc1cc2c(cc1OC)C1(CCN(C(=O)[C@@H]3CNCCN3)CC1)OCC2.